The van der Waals surface area contributed by atoms with E-state index in [1.807, 2.05) is 0 Å². The highest BCUT2D eigenvalue weighted by Gasteiger charge is 2.22. The lowest BCUT2D eigenvalue weighted by Gasteiger charge is -2.12. The van der Waals surface area contributed by atoms with Crippen LogP contribution in [0, 0.1) is 6.92 Å². The number of phenols is 1. The van der Waals surface area contributed by atoms with Crippen LogP contribution in [0.2, 0.25) is 0 Å². The molecule has 11 heteroatoms. The molecule has 2 aromatic carbocycles. The minimum atomic E-state index is -4.13. The van der Waals surface area contributed by atoms with E-state index in [4.69, 9.17) is 5.11 Å². The van der Waals surface area contributed by atoms with Crippen LogP contribution in [0.15, 0.2) is 41.3 Å². The lowest BCUT2D eigenvalue weighted by Crippen LogP contribution is -2.15. The summed E-state index contributed by atoms with van der Waals surface area (Å²) in [4.78, 5) is 10.8. The zero-order valence-electron chi connectivity index (χ0n) is 13.7. The molecule has 0 aromatic heterocycles. The molecule has 0 amide bonds. The molecular formula is C15H16N2O7S2. The first-order valence-electron chi connectivity index (χ1n) is 7.06. The maximum Gasteiger partial charge on any atom is 0.339 e. The number of benzene rings is 2. The summed E-state index contributed by atoms with van der Waals surface area (Å²) in [6.45, 7) is 1.42. The van der Waals surface area contributed by atoms with Gasteiger partial charge in [-0.05, 0) is 48.9 Å². The summed E-state index contributed by atoms with van der Waals surface area (Å²) < 4.78 is 51.9. The Hall–Kier alpha value is -2.79. The van der Waals surface area contributed by atoms with E-state index in [0.29, 0.717) is 0 Å². The number of aromatic hydroxyl groups is 1. The summed E-state index contributed by atoms with van der Waals surface area (Å²) in [5.74, 6) is -2.00. The van der Waals surface area contributed by atoms with Crippen LogP contribution in [0.25, 0.3) is 0 Å². The van der Waals surface area contributed by atoms with E-state index in [-0.39, 0.29) is 21.8 Å². The van der Waals surface area contributed by atoms with Crippen LogP contribution in [0.1, 0.15) is 15.9 Å². The molecule has 9 nitrogen and oxygen atoms in total. The van der Waals surface area contributed by atoms with Gasteiger partial charge in [0.1, 0.15) is 11.3 Å². The molecule has 0 aliphatic rings. The molecule has 0 radical (unpaired) electrons. The SMILES string of the molecule is Cc1cc(O)c(C(=O)O)cc1S(=O)(=O)Nc1ccc(NS(C)(=O)=O)cc1. The van der Waals surface area contributed by atoms with Gasteiger partial charge >= 0.3 is 5.97 Å². The van der Waals surface area contributed by atoms with Crippen molar-refractivity contribution in [1.82, 2.24) is 0 Å². The Morgan fingerprint density at radius 1 is 0.962 bits per heavy atom. The van der Waals surface area contributed by atoms with Crippen molar-refractivity contribution in [2.45, 2.75) is 11.8 Å². The molecule has 0 bridgehead atoms. The maximum atomic E-state index is 12.5. The molecule has 0 aliphatic carbocycles. The molecule has 4 N–H and O–H groups in total. The summed E-state index contributed by atoms with van der Waals surface area (Å²) in [5, 5.41) is 18.6. The first kappa shape index (κ1) is 19.5. The number of carboxylic acid groups (broad SMARTS) is 1. The Morgan fingerprint density at radius 2 is 1.46 bits per heavy atom. The molecule has 0 aliphatic heterocycles. The van der Waals surface area contributed by atoms with Gasteiger partial charge in [-0.25, -0.2) is 21.6 Å². The zero-order chi connectivity index (χ0) is 19.7. The zero-order valence-corrected chi connectivity index (χ0v) is 15.3. The fourth-order valence-electron chi connectivity index (χ4n) is 2.16. The largest absolute Gasteiger partial charge is 0.507 e. The van der Waals surface area contributed by atoms with Gasteiger partial charge in [0.25, 0.3) is 10.0 Å². The van der Waals surface area contributed by atoms with Crippen molar-refractivity contribution in [3.63, 3.8) is 0 Å². The van der Waals surface area contributed by atoms with Crippen LogP contribution < -0.4 is 9.44 Å². The minimum Gasteiger partial charge on any atom is -0.507 e. The van der Waals surface area contributed by atoms with Gasteiger partial charge in [-0.2, -0.15) is 0 Å². The van der Waals surface area contributed by atoms with Gasteiger partial charge in [-0.3, -0.25) is 9.44 Å². The molecule has 0 fully saturated rings. The summed E-state index contributed by atoms with van der Waals surface area (Å²) in [6, 6.07) is 7.35. The number of hydrogen-bond donors (Lipinski definition) is 4. The number of nitrogens with one attached hydrogen (secondary N) is 2. The van der Waals surface area contributed by atoms with E-state index in [2.05, 4.69) is 9.44 Å². The molecule has 0 unspecified atom stereocenters. The third-order valence-electron chi connectivity index (χ3n) is 3.25. The number of anilines is 2. The number of aryl methyl sites for hydroxylation is 1. The van der Waals surface area contributed by atoms with Crippen molar-refractivity contribution in [2.24, 2.45) is 0 Å². The van der Waals surface area contributed by atoms with E-state index in [1.54, 1.807) is 0 Å². The third-order valence-corrected chi connectivity index (χ3v) is 5.38. The van der Waals surface area contributed by atoms with Crippen LogP contribution in [0.4, 0.5) is 11.4 Å². The predicted molar refractivity (Wildman–Crippen MR) is 95.5 cm³/mol. The Morgan fingerprint density at radius 3 is 1.92 bits per heavy atom. The quantitative estimate of drug-likeness (QED) is 0.575. The highest BCUT2D eigenvalue weighted by molar-refractivity contribution is 7.92. The normalized spacial score (nSPS) is 11.8. The Bertz CT molecular complexity index is 1060. The molecule has 26 heavy (non-hydrogen) atoms. The molecular weight excluding hydrogens is 384 g/mol. The fourth-order valence-corrected chi connectivity index (χ4v) is 4.04. The van der Waals surface area contributed by atoms with Crippen molar-refractivity contribution >= 4 is 37.4 Å². The first-order valence-corrected chi connectivity index (χ1v) is 10.4. The van der Waals surface area contributed by atoms with Crippen molar-refractivity contribution in [3.05, 3.63) is 47.5 Å². The molecule has 0 saturated heterocycles. The van der Waals surface area contributed by atoms with Gasteiger partial charge in [-0.15, -0.1) is 0 Å². The van der Waals surface area contributed by atoms with Gasteiger partial charge < -0.3 is 10.2 Å². The van der Waals surface area contributed by atoms with Crippen LogP contribution >= 0.6 is 0 Å². The lowest BCUT2D eigenvalue weighted by atomic mass is 10.1. The van der Waals surface area contributed by atoms with E-state index in [1.165, 1.54) is 31.2 Å². The van der Waals surface area contributed by atoms with E-state index >= 15 is 0 Å². The Labute approximate surface area is 150 Å². The number of hydrogen-bond acceptors (Lipinski definition) is 6. The number of carboxylic acids is 1. The molecule has 0 heterocycles. The average molecular weight is 400 g/mol. The second kappa shape index (κ2) is 6.84. The monoisotopic (exact) mass is 400 g/mol. The third kappa shape index (κ3) is 4.64. The molecule has 2 aromatic rings. The topological polar surface area (TPSA) is 150 Å². The van der Waals surface area contributed by atoms with Crippen LogP contribution in [0.3, 0.4) is 0 Å². The fraction of sp³-hybridized carbons (Fsp3) is 0.133. The summed E-state index contributed by atoms with van der Waals surface area (Å²) in [7, 11) is -7.59. The average Bonchev–Trinajstić information content (AvgIpc) is 2.46. The summed E-state index contributed by atoms with van der Waals surface area (Å²) in [6.07, 6.45) is 0.983. The summed E-state index contributed by atoms with van der Waals surface area (Å²) in [5.41, 5.74) is 0.0249. The van der Waals surface area contributed by atoms with Gasteiger partial charge in [0, 0.05) is 11.4 Å². The predicted octanol–water partition coefficient (Wildman–Crippen LogP) is 1.57. The van der Waals surface area contributed by atoms with Crippen molar-refractivity contribution in [2.75, 3.05) is 15.7 Å². The molecule has 2 rings (SSSR count). The highest BCUT2D eigenvalue weighted by atomic mass is 32.2. The van der Waals surface area contributed by atoms with Gasteiger partial charge in [-0.1, -0.05) is 0 Å². The smallest absolute Gasteiger partial charge is 0.339 e. The Balaban J connectivity index is 2.34. The van der Waals surface area contributed by atoms with Crippen LogP contribution in [0.5, 0.6) is 5.75 Å². The van der Waals surface area contributed by atoms with Crippen molar-refractivity contribution < 1.29 is 31.8 Å². The summed E-state index contributed by atoms with van der Waals surface area (Å²) >= 11 is 0. The number of sulfonamides is 2. The van der Waals surface area contributed by atoms with Gasteiger partial charge in [0.2, 0.25) is 10.0 Å². The molecule has 0 atom stereocenters. The number of carbonyl (C=O) groups is 1. The van der Waals surface area contributed by atoms with Crippen LogP contribution in [-0.2, 0) is 20.0 Å². The van der Waals surface area contributed by atoms with E-state index < -0.39 is 37.3 Å². The van der Waals surface area contributed by atoms with E-state index in [0.717, 1.165) is 18.4 Å². The molecule has 0 saturated carbocycles. The van der Waals surface area contributed by atoms with Gasteiger partial charge in [0.15, 0.2) is 0 Å². The van der Waals surface area contributed by atoms with E-state index in [9.17, 15) is 26.7 Å². The number of aromatic carboxylic acids is 1. The van der Waals surface area contributed by atoms with Crippen molar-refractivity contribution in [1.29, 1.82) is 0 Å². The molecule has 0 spiro atoms. The maximum absolute atomic E-state index is 12.5. The van der Waals surface area contributed by atoms with Gasteiger partial charge in [0.05, 0.1) is 11.2 Å². The standard InChI is InChI=1S/C15H16N2O7S2/c1-9-7-13(18)12(15(19)20)8-14(9)26(23,24)17-11-5-3-10(4-6-11)16-25(2,21)22/h3-8,16-18H,1-2H3,(H,19,20). The number of rotatable bonds is 6. The minimum absolute atomic E-state index is 0.147. The van der Waals surface area contributed by atoms with Crippen LogP contribution in [-0.4, -0.2) is 39.3 Å². The second-order valence-electron chi connectivity index (χ2n) is 5.50. The highest BCUT2D eigenvalue weighted by Crippen LogP contribution is 2.27. The Kier molecular flexibility index (Phi) is 5.14. The lowest BCUT2D eigenvalue weighted by molar-refractivity contribution is 0.0693. The van der Waals surface area contributed by atoms with Crippen molar-refractivity contribution in [3.8, 4) is 5.75 Å². The second-order valence-corrected chi connectivity index (χ2v) is 8.90. The first-order chi connectivity index (χ1) is 11.9. The molecule has 140 valence electrons.